The van der Waals surface area contributed by atoms with Gasteiger partial charge in [0, 0.05) is 23.6 Å². The van der Waals surface area contributed by atoms with E-state index in [0.29, 0.717) is 0 Å². The first-order chi connectivity index (χ1) is 9.85. The van der Waals surface area contributed by atoms with E-state index >= 15 is 0 Å². The number of nitrogens with zero attached hydrogens (tertiary/aromatic N) is 2. The minimum Gasteiger partial charge on any atom is -0.347 e. The van der Waals surface area contributed by atoms with E-state index < -0.39 is 0 Å². The highest BCUT2D eigenvalue weighted by molar-refractivity contribution is 5.81. The van der Waals surface area contributed by atoms with Crippen molar-refractivity contribution in [2.24, 2.45) is 0 Å². The van der Waals surface area contributed by atoms with Crippen LogP contribution in [0.5, 0.6) is 0 Å². The van der Waals surface area contributed by atoms with Gasteiger partial charge < -0.3 is 4.57 Å². The average molecular weight is 268 g/mol. The van der Waals surface area contributed by atoms with Crippen LogP contribution >= 0.6 is 0 Å². The molecule has 0 amide bonds. The van der Waals surface area contributed by atoms with Gasteiger partial charge in [0.2, 0.25) is 0 Å². The fourth-order valence-corrected chi connectivity index (χ4v) is 2.70. The molecule has 1 aromatic heterocycles. The molecule has 106 valence electrons. The van der Waals surface area contributed by atoms with Crippen LogP contribution in [-0.2, 0) is 6.54 Å². The Morgan fingerprint density at radius 2 is 1.75 bits per heavy atom. The van der Waals surface area contributed by atoms with Crippen LogP contribution in [0.2, 0.25) is 0 Å². The number of nitriles is 1. The summed E-state index contributed by atoms with van der Waals surface area (Å²) in [7, 11) is 0. The SMILES string of the molecule is CCCCCCCCCn1ccc2cc(C#N)ccc21. The van der Waals surface area contributed by atoms with Crippen molar-refractivity contribution in [1.29, 1.82) is 5.26 Å². The molecule has 2 aromatic rings. The second kappa shape index (κ2) is 7.75. The normalized spacial score (nSPS) is 10.8. The summed E-state index contributed by atoms with van der Waals surface area (Å²) in [6, 6.07) is 10.2. The predicted octanol–water partition coefficient (Wildman–Crippen LogP) is 5.26. The summed E-state index contributed by atoms with van der Waals surface area (Å²) in [6.07, 6.45) is 11.5. The summed E-state index contributed by atoms with van der Waals surface area (Å²) in [6.45, 7) is 3.35. The Labute approximate surface area is 122 Å². The maximum Gasteiger partial charge on any atom is 0.0991 e. The molecule has 0 aliphatic carbocycles. The zero-order chi connectivity index (χ0) is 14.2. The van der Waals surface area contributed by atoms with E-state index in [1.807, 2.05) is 12.1 Å². The first-order valence-corrected chi connectivity index (χ1v) is 7.84. The highest BCUT2D eigenvalue weighted by Crippen LogP contribution is 2.18. The lowest BCUT2D eigenvalue weighted by molar-refractivity contribution is 0.556. The van der Waals surface area contributed by atoms with Crippen LogP contribution in [0, 0.1) is 11.3 Å². The monoisotopic (exact) mass is 268 g/mol. The Hall–Kier alpha value is -1.75. The number of hydrogen-bond acceptors (Lipinski definition) is 1. The molecule has 2 nitrogen and oxygen atoms in total. The minimum atomic E-state index is 0.742. The third kappa shape index (κ3) is 3.87. The lowest BCUT2D eigenvalue weighted by atomic mass is 10.1. The topological polar surface area (TPSA) is 28.7 Å². The lowest BCUT2D eigenvalue weighted by Crippen LogP contribution is -1.96. The van der Waals surface area contributed by atoms with E-state index in [0.717, 1.165) is 12.1 Å². The van der Waals surface area contributed by atoms with Gasteiger partial charge in [0.05, 0.1) is 11.6 Å². The molecule has 0 fully saturated rings. The van der Waals surface area contributed by atoms with Crippen LogP contribution in [0.1, 0.15) is 57.4 Å². The third-order valence-electron chi connectivity index (χ3n) is 3.90. The van der Waals surface area contributed by atoms with E-state index in [9.17, 15) is 0 Å². The molecule has 0 unspecified atom stereocenters. The van der Waals surface area contributed by atoms with E-state index in [-0.39, 0.29) is 0 Å². The van der Waals surface area contributed by atoms with E-state index in [2.05, 4.69) is 35.9 Å². The number of aromatic nitrogens is 1. The van der Waals surface area contributed by atoms with Gasteiger partial charge in [-0.3, -0.25) is 0 Å². The van der Waals surface area contributed by atoms with Crippen LogP contribution < -0.4 is 0 Å². The summed E-state index contributed by atoms with van der Waals surface area (Å²) in [5.41, 5.74) is 1.99. The van der Waals surface area contributed by atoms with E-state index in [1.54, 1.807) is 0 Å². The van der Waals surface area contributed by atoms with Gasteiger partial charge in [-0.1, -0.05) is 45.4 Å². The fraction of sp³-hybridized carbons (Fsp3) is 0.500. The van der Waals surface area contributed by atoms with Crippen molar-refractivity contribution in [3.05, 3.63) is 36.0 Å². The molecule has 0 N–H and O–H groups in total. The van der Waals surface area contributed by atoms with Crippen LogP contribution in [-0.4, -0.2) is 4.57 Å². The minimum absolute atomic E-state index is 0.742. The highest BCUT2D eigenvalue weighted by atomic mass is 14.9. The summed E-state index contributed by atoms with van der Waals surface area (Å²) in [4.78, 5) is 0. The number of hydrogen-bond donors (Lipinski definition) is 0. The van der Waals surface area contributed by atoms with Gasteiger partial charge in [-0.2, -0.15) is 5.26 Å². The van der Waals surface area contributed by atoms with Gasteiger partial charge >= 0.3 is 0 Å². The van der Waals surface area contributed by atoms with Crippen molar-refractivity contribution in [3.63, 3.8) is 0 Å². The predicted molar refractivity (Wildman–Crippen MR) is 84.6 cm³/mol. The Balaban J connectivity index is 1.80. The maximum atomic E-state index is 8.91. The van der Waals surface area contributed by atoms with Crippen molar-refractivity contribution in [3.8, 4) is 6.07 Å². The molecule has 0 spiro atoms. The van der Waals surface area contributed by atoms with Gasteiger partial charge in [-0.15, -0.1) is 0 Å². The molecule has 1 heterocycles. The maximum absolute atomic E-state index is 8.91. The molecule has 0 saturated carbocycles. The first kappa shape index (κ1) is 14.7. The van der Waals surface area contributed by atoms with Gasteiger partial charge in [-0.05, 0) is 30.7 Å². The number of unbranched alkanes of at least 4 members (excludes halogenated alkanes) is 6. The van der Waals surface area contributed by atoms with Crippen molar-refractivity contribution in [2.45, 2.75) is 58.4 Å². The molecule has 0 aliphatic heterocycles. The standard InChI is InChI=1S/C18H24N2/c1-2-3-4-5-6-7-8-12-20-13-11-17-14-16(15-19)9-10-18(17)20/h9-11,13-14H,2-8,12H2,1H3. The van der Waals surface area contributed by atoms with E-state index in [1.165, 1.54) is 55.8 Å². The number of aryl methyl sites for hydroxylation is 1. The second-order valence-corrected chi connectivity index (χ2v) is 5.52. The largest absolute Gasteiger partial charge is 0.347 e. The zero-order valence-electron chi connectivity index (χ0n) is 12.4. The fourth-order valence-electron chi connectivity index (χ4n) is 2.70. The summed E-state index contributed by atoms with van der Waals surface area (Å²) >= 11 is 0. The molecule has 0 radical (unpaired) electrons. The number of benzene rings is 1. The summed E-state index contributed by atoms with van der Waals surface area (Å²) in [5, 5.41) is 10.1. The van der Waals surface area contributed by atoms with Gasteiger partial charge in [0.1, 0.15) is 0 Å². The molecular formula is C18H24N2. The number of rotatable bonds is 8. The van der Waals surface area contributed by atoms with Crippen molar-refractivity contribution in [2.75, 3.05) is 0 Å². The molecule has 0 bridgehead atoms. The zero-order valence-corrected chi connectivity index (χ0v) is 12.4. The summed E-state index contributed by atoms with van der Waals surface area (Å²) < 4.78 is 2.31. The van der Waals surface area contributed by atoms with Crippen molar-refractivity contribution >= 4 is 10.9 Å². The molecule has 1 aromatic carbocycles. The smallest absolute Gasteiger partial charge is 0.0991 e. The van der Waals surface area contributed by atoms with E-state index in [4.69, 9.17) is 5.26 Å². The van der Waals surface area contributed by atoms with Crippen LogP contribution in [0.4, 0.5) is 0 Å². The van der Waals surface area contributed by atoms with Crippen molar-refractivity contribution < 1.29 is 0 Å². The highest BCUT2D eigenvalue weighted by Gasteiger charge is 2.01. The third-order valence-corrected chi connectivity index (χ3v) is 3.90. The quantitative estimate of drug-likeness (QED) is 0.600. The van der Waals surface area contributed by atoms with Crippen LogP contribution in [0.25, 0.3) is 10.9 Å². The van der Waals surface area contributed by atoms with Crippen LogP contribution in [0.15, 0.2) is 30.5 Å². The summed E-state index contributed by atoms with van der Waals surface area (Å²) in [5.74, 6) is 0. The lowest BCUT2D eigenvalue weighted by Gasteiger charge is -2.05. The Bertz CT molecular complexity index is 575. The Morgan fingerprint density at radius 1 is 1.00 bits per heavy atom. The van der Waals surface area contributed by atoms with Crippen LogP contribution in [0.3, 0.4) is 0 Å². The Morgan fingerprint density at radius 3 is 2.50 bits per heavy atom. The second-order valence-electron chi connectivity index (χ2n) is 5.52. The molecule has 2 heteroatoms. The molecule has 0 aliphatic rings. The van der Waals surface area contributed by atoms with Crippen molar-refractivity contribution in [1.82, 2.24) is 4.57 Å². The molecule has 0 saturated heterocycles. The average Bonchev–Trinajstić information content (AvgIpc) is 2.88. The molecule has 20 heavy (non-hydrogen) atoms. The number of fused-ring (bicyclic) bond motifs is 1. The van der Waals surface area contributed by atoms with Gasteiger partial charge in [0.15, 0.2) is 0 Å². The van der Waals surface area contributed by atoms with Gasteiger partial charge in [0.25, 0.3) is 0 Å². The molecule has 0 atom stereocenters. The first-order valence-electron chi connectivity index (χ1n) is 7.84. The molecule has 2 rings (SSSR count). The van der Waals surface area contributed by atoms with Gasteiger partial charge in [-0.25, -0.2) is 0 Å². The molecular weight excluding hydrogens is 244 g/mol. The Kier molecular flexibility index (Phi) is 5.68.